The summed E-state index contributed by atoms with van der Waals surface area (Å²) in [6.07, 6.45) is 4.47. The molecule has 0 radical (unpaired) electrons. The summed E-state index contributed by atoms with van der Waals surface area (Å²) in [7, 11) is 0. The van der Waals surface area contributed by atoms with Crippen molar-refractivity contribution in [2.45, 2.75) is 6.92 Å². The van der Waals surface area contributed by atoms with Crippen LogP contribution in [-0.4, -0.2) is 18.1 Å². The lowest BCUT2D eigenvalue weighted by atomic mass is 10.1. The molecular weight excluding hydrogens is 444 g/mol. The van der Waals surface area contributed by atoms with Crippen LogP contribution in [-0.2, 0) is 4.79 Å². The second-order valence-corrected chi connectivity index (χ2v) is 7.33. The molecule has 3 rings (SSSR count). The average molecular weight is 463 g/mol. The number of hydrazone groups is 1. The van der Waals surface area contributed by atoms with Gasteiger partial charge in [-0.05, 0) is 48.9 Å². The van der Waals surface area contributed by atoms with Crippen LogP contribution in [0.15, 0.2) is 88.4 Å². The van der Waals surface area contributed by atoms with E-state index in [9.17, 15) is 9.59 Å². The van der Waals surface area contributed by atoms with Crippen molar-refractivity contribution in [2.24, 2.45) is 5.10 Å². The number of nitrogens with one attached hydrogen (secondary N) is 1. The highest BCUT2D eigenvalue weighted by atomic mass is 79.9. The Labute approximate surface area is 183 Å². The normalized spacial score (nSPS) is 11.0. The monoisotopic (exact) mass is 462 g/mol. The molecule has 0 heterocycles. The summed E-state index contributed by atoms with van der Waals surface area (Å²) in [6, 6.07) is 21.8. The van der Waals surface area contributed by atoms with Crippen LogP contribution in [0.25, 0.3) is 6.08 Å². The van der Waals surface area contributed by atoms with Gasteiger partial charge in [-0.15, -0.1) is 0 Å². The van der Waals surface area contributed by atoms with E-state index in [0.717, 1.165) is 15.6 Å². The van der Waals surface area contributed by atoms with Crippen molar-refractivity contribution < 1.29 is 14.3 Å². The molecule has 0 atom stereocenters. The molecule has 0 aliphatic rings. The van der Waals surface area contributed by atoms with Crippen LogP contribution in [0.3, 0.4) is 0 Å². The van der Waals surface area contributed by atoms with Crippen LogP contribution >= 0.6 is 15.9 Å². The van der Waals surface area contributed by atoms with E-state index in [1.54, 1.807) is 36.4 Å². The summed E-state index contributed by atoms with van der Waals surface area (Å²) in [6.45, 7) is 1.91. The van der Waals surface area contributed by atoms with E-state index in [0.29, 0.717) is 16.9 Å². The smallest absolute Gasteiger partial charge is 0.336 e. The second-order valence-electron chi connectivity index (χ2n) is 6.42. The van der Waals surface area contributed by atoms with E-state index in [1.807, 2.05) is 49.4 Å². The maximum atomic E-state index is 12.2. The molecule has 0 aliphatic carbocycles. The molecule has 0 aromatic heterocycles. The fourth-order valence-corrected chi connectivity index (χ4v) is 2.97. The van der Waals surface area contributed by atoms with Crippen molar-refractivity contribution in [1.29, 1.82) is 0 Å². The van der Waals surface area contributed by atoms with Crippen molar-refractivity contribution in [3.05, 3.63) is 106 Å². The number of rotatable bonds is 6. The maximum Gasteiger partial charge on any atom is 0.336 e. The standard InChI is InChI=1S/C24H19BrN2O3/c1-17-6-5-9-19(14-17)24(29)27-26-16-20-15-21(25)11-12-22(20)30-23(28)13-10-18-7-3-2-4-8-18/h2-16H,1H3,(H,27,29)/b13-10+,26-16-. The number of aryl methyl sites for hydroxylation is 1. The van der Waals surface area contributed by atoms with Crippen molar-refractivity contribution >= 4 is 40.1 Å². The summed E-state index contributed by atoms with van der Waals surface area (Å²) < 4.78 is 6.22. The molecule has 0 fully saturated rings. The van der Waals surface area contributed by atoms with Crippen molar-refractivity contribution in [1.82, 2.24) is 5.43 Å². The van der Waals surface area contributed by atoms with Gasteiger partial charge < -0.3 is 4.74 Å². The number of ether oxygens (including phenoxy) is 1. The van der Waals surface area contributed by atoms with Crippen molar-refractivity contribution in [2.75, 3.05) is 0 Å². The van der Waals surface area contributed by atoms with Gasteiger partial charge in [-0.25, -0.2) is 10.2 Å². The SMILES string of the molecule is Cc1cccc(C(=O)N/N=C\c2cc(Br)ccc2OC(=O)/C=C/c2ccccc2)c1. The Bertz CT molecular complexity index is 1110. The molecule has 5 nitrogen and oxygen atoms in total. The predicted molar refractivity (Wildman–Crippen MR) is 121 cm³/mol. The summed E-state index contributed by atoms with van der Waals surface area (Å²) in [5.74, 6) is -0.511. The minimum Gasteiger partial charge on any atom is -0.423 e. The van der Waals surface area contributed by atoms with E-state index in [-0.39, 0.29) is 5.91 Å². The Balaban J connectivity index is 1.68. The van der Waals surface area contributed by atoms with E-state index in [2.05, 4.69) is 26.5 Å². The molecule has 0 bridgehead atoms. The number of carbonyl (C=O) groups is 2. The van der Waals surface area contributed by atoms with Gasteiger partial charge in [0.05, 0.1) is 6.21 Å². The second kappa shape index (κ2) is 10.3. The first kappa shape index (κ1) is 21.2. The zero-order chi connectivity index (χ0) is 21.3. The number of esters is 1. The Morgan fingerprint density at radius 3 is 2.57 bits per heavy atom. The van der Waals surface area contributed by atoms with E-state index >= 15 is 0 Å². The molecule has 0 spiro atoms. The van der Waals surface area contributed by atoms with Crippen molar-refractivity contribution in [3.63, 3.8) is 0 Å². The number of benzene rings is 3. The first-order valence-electron chi connectivity index (χ1n) is 9.16. The number of hydrogen-bond acceptors (Lipinski definition) is 4. The number of carbonyl (C=O) groups excluding carboxylic acids is 2. The van der Waals surface area contributed by atoms with Gasteiger partial charge in [0, 0.05) is 21.7 Å². The first-order chi connectivity index (χ1) is 14.5. The largest absolute Gasteiger partial charge is 0.423 e. The molecule has 6 heteroatoms. The molecule has 1 N–H and O–H groups in total. The number of amides is 1. The minimum atomic E-state index is -0.514. The predicted octanol–water partition coefficient (Wildman–Crippen LogP) is 5.14. The van der Waals surface area contributed by atoms with Crippen LogP contribution in [0.5, 0.6) is 5.75 Å². The van der Waals surface area contributed by atoms with Gasteiger partial charge in [0.25, 0.3) is 5.91 Å². The van der Waals surface area contributed by atoms with Crippen LogP contribution < -0.4 is 10.2 Å². The maximum absolute atomic E-state index is 12.2. The van der Waals surface area contributed by atoms with Crippen molar-refractivity contribution in [3.8, 4) is 5.75 Å². The molecule has 0 unspecified atom stereocenters. The fraction of sp³-hybridized carbons (Fsp3) is 0.0417. The zero-order valence-corrected chi connectivity index (χ0v) is 17.8. The molecule has 3 aromatic rings. The van der Waals surface area contributed by atoms with Crippen LogP contribution in [0.4, 0.5) is 0 Å². The van der Waals surface area contributed by atoms with Gasteiger partial charge in [-0.3, -0.25) is 4.79 Å². The zero-order valence-electron chi connectivity index (χ0n) is 16.2. The molecule has 0 saturated heterocycles. The number of nitrogens with zero attached hydrogens (tertiary/aromatic N) is 1. The summed E-state index contributed by atoms with van der Waals surface area (Å²) in [5, 5.41) is 4.00. The third-order valence-electron chi connectivity index (χ3n) is 4.04. The third kappa shape index (κ3) is 6.25. The lowest BCUT2D eigenvalue weighted by Gasteiger charge is -2.06. The summed E-state index contributed by atoms with van der Waals surface area (Å²) in [5.41, 5.74) is 5.41. The molecular formula is C24H19BrN2O3. The minimum absolute atomic E-state index is 0.325. The lowest BCUT2D eigenvalue weighted by Crippen LogP contribution is -2.17. The topological polar surface area (TPSA) is 67.8 Å². The molecule has 0 saturated carbocycles. The van der Waals surface area contributed by atoms with Gasteiger partial charge in [0.1, 0.15) is 5.75 Å². The quantitative estimate of drug-likeness (QED) is 0.181. The van der Waals surface area contributed by atoms with Crippen LogP contribution in [0.2, 0.25) is 0 Å². The Morgan fingerprint density at radius 1 is 1.00 bits per heavy atom. The summed E-state index contributed by atoms with van der Waals surface area (Å²) >= 11 is 3.39. The van der Waals surface area contributed by atoms with Gasteiger partial charge in [0.15, 0.2) is 0 Å². The lowest BCUT2D eigenvalue weighted by molar-refractivity contribution is -0.128. The Hall–Kier alpha value is -3.51. The fourth-order valence-electron chi connectivity index (χ4n) is 2.60. The van der Waals surface area contributed by atoms with E-state index < -0.39 is 5.97 Å². The molecule has 3 aromatic carbocycles. The molecule has 1 amide bonds. The number of halogens is 1. The number of hydrogen-bond donors (Lipinski definition) is 1. The molecule has 150 valence electrons. The Morgan fingerprint density at radius 2 is 1.80 bits per heavy atom. The van der Waals surface area contributed by atoms with Crippen LogP contribution in [0.1, 0.15) is 27.0 Å². The Kier molecular flexibility index (Phi) is 7.29. The van der Waals surface area contributed by atoms with Gasteiger partial charge in [0.2, 0.25) is 0 Å². The van der Waals surface area contributed by atoms with Crippen LogP contribution in [0, 0.1) is 6.92 Å². The molecule has 30 heavy (non-hydrogen) atoms. The highest BCUT2D eigenvalue weighted by Crippen LogP contribution is 2.22. The molecule has 0 aliphatic heterocycles. The van der Waals surface area contributed by atoms with E-state index in [1.165, 1.54) is 12.3 Å². The third-order valence-corrected chi connectivity index (χ3v) is 4.54. The van der Waals surface area contributed by atoms with E-state index in [4.69, 9.17) is 4.74 Å². The average Bonchev–Trinajstić information content (AvgIpc) is 2.75. The highest BCUT2D eigenvalue weighted by molar-refractivity contribution is 9.10. The highest BCUT2D eigenvalue weighted by Gasteiger charge is 2.08. The van der Waals surface area contributed by atoms with Gasteiger partial charge in [-0.2, -0.15) is 5.10 Å². The van der Waals surface area contributed by atoms with Gasteiger partial charge >= 0.3 is 5.97 Å². The van der Waals surface area contributed by atoms with Gasteiger partial charge in [-0.1, -0.05) is 64.0 Å². The first-order valence-corrected chi connectivity index (χ1v) is 9.95. The summed E-state index contributed by atoms with van der Waals surface area (Å²) in [4.78, 5) is 24.4.